The molecule has 190 valence electrons. The van der Waals surface area contributed by atoms with Crippen LogP contribution in [-0.2, 0) is 28.6 Å². The second kappa shape index (κ2) is 11.4. The van der Waals surface area contributed by atoms with Crippen molar-refractivity contribution in [3.63, 3.8) is 0 Å². The molecular formula is C26H33NO8. The van der Waals surface area contributed by atoms with Crippen LogP contribution in [-0.4, -0.2) is 58.9 Å². The standard InChI is InChI=1S/C26H33NO8/c1-7-34-18-9-8-16(13-19(18)32-5)22-21(26(30)35-11-10-31-4)15(3)27-17-12-14(2)20(25(29)33-6)24(28)23(17)22/h8-9,13-14,20,22,27H,7,10-12H2,1-6H3/t14-,20-,22-/m1/s1. The van der Waals surface area contributed by atoms with Crippen molar-refractivity contribution in [1.29, 1.82) is 0 Å². The number of hydrogen-bond donors (Lipinski definition) is 1. The Morgan fingerprint density at radius 3 is 2.49 bits per heavy atom. The fraction of sp³-hybridized carbons (Fsp3) is 0.500. The van der Waals surface area contributed by atoms with Crippen LogP contribution in [0.5, 0.6) is 11.5 Å². The first-order valence-corrected chi connectivity index (χ1v) is 11.6. The Hall–Kier alpha value is -3.33. The van der Waals surface area contributed by atoms with Crippen molar-refractivity contribution in [2.75, 3.05) is 41.2 Å². The lowest BCUT2D eigenvalue weighted by molar-refractivity contribution is -0.151. The van der Waals surface area contributed by atoms with Gasteiger partial charge in [0.05, 0.1) is 33.0 Å². The van der Waals surface area contributed by atoms with E-state index in [-0.39, 0.29) is 30.5 Å². The molecule has 2 aliphatic rings. The van der Waals surface area contributed by atoms with Crippen LogP contribution in [0.3, 0.4) is 0 Å². The number of nitrogens with one attached hydrogen (secondary N) is 1. The number of esters is 2. The van der Waals surface area contributed by atoms with E-state index in [1.807, 2.05) is 13.8 Å². The van der Waals surface area contributed by atoms with Crippen LogP contribution in [0.4, 0.5) is 0 Å². The van der Waals surface area contributed by atoms with E-state index in [0.717, 1.165) is 0 Å². The predicted octanol–water partition coefficient (Wildman–Crippen LogP) is 2.90. The van der Waals surface area contributed by atoms with E-state index in [0.29, 0.717) is 47.1 Å². The fourth-order valence-electron chi connectivity index (χ4n) is 4.72. The van der Waals surface area contributed by atoms with Gasteiger partial charge >= 0.3 is 11.9 Å². The third-order valence-corrected chi connectivity index (χ3v) is 6.30. The Labute approximate surface area is 205 Å². The highest BCUT2D eigenvalue weighted by Gasteiger charge is 2.47. The highest BCUT2D eigenvalue weighted by Crippen LogP contribution is 2.46. The molecule has 35 heavy (non-hydrogen) atoms. The minimum atomic E-state index is -0.961. The van der Waals surface area contributed by atoms with Crippen LogP contribution in [0.2, 0.25) is 0 Å². The molecule has 0 bridgehead atoms. The number of methoxy groups -OCH3 is 3. The normalized spacial score (nSPS) is 21.8. The number of allylic oxidation sites excluding steroid dienone is 3. The Kier molecular flexibility index (Phi) is 8.56. The highest BCUT2D eigenvalue weighted by molar-refractivity contribution is 6.12. The smallest absolute Gasteiger partial charge is 0.336 e. The molecule has 0 aromatic heterocycles. The van der Waals surface area contributed by atoms with Crippen molar-refractivity contribution in [1.82, 2.24) is 5.32 Å². The number of ether oxygens (including phenoxy) is 5. The SMILES string of the molecule is CCOc1ccc([C@@H]2C(C(=O)OCCOC)=C(C)NC3=C2C(=O)[C@H](C(=O)OC)[C@H](C)C3)cc1OC. The van der Waals surface area contributed by atoms with Crippen LogP contribution in [0, 0.1) is 11.8 Å². The third-order valence-electron chi connectivity index (χ3n) is 6.30. The summed E-state index contributed by atoms with van der Waals surface area (Å²) in [6.45, 7) is 6.23. The molecule has 0 saturated carbocycles. The first-order valence-electron chi connectivity index (χ1n) is 11.6. The van der Waals surface area contributed by atoms with Crippen molar-refractivity contribution in [2.24, 2.45) is 11.8 Å². The van der Waals surface area contributed by atoms with E-state index in [1.54, 1.807) is 25.1 Å². The molecule has 0 saturated heterocycles. The number of Topliss-reactive ketones (excluding diaryl/α,β-unsaturated/α-hetero) is 1. The summed E-state index contributed by atoms with van der Waals surface area (Å²) in [5.41, 5.74) is 2.56. The number of ketones is 1. The molecule has 1 aliphatic heterocycles. The molecular weight excluding hydrogens is 454 g/mol. The number of carbonyl (C=O) groups excluding carboxylic acids is 3. The minimum absolute atomic E-state index is 0.0626. The van der Waals surface area contributed by atoms with E-state index in [4.69, 9.17) is 23.7 Å². The number of carbonyl (C=O) groups is 3. The van der Waals surface area contributed by atoms with Gasteiger partial charge in [-0.15, -0.1) is 0 Å². The molecule has 0 amide bonds. The van der Waals surface area contributed by atoms with Gasteiger partial charge < -0.3 is 29.0 Å². The van der Waals surface area contributed by atoms with E-state index in [1.165, 1.54) is 21.3 Å². The minimum Gasteiger partial charge on any atom is -0.493 e. The van der Waals surface area contributed by atoms with Gasteiger partial charge in [0.25, 0.3) is 0 Å². The zero-order valence-electron chi connectivity index (χ0n) is 21.1. The Balaban J connectivity index is 2.17. The summed E-state index contributed by atoms with van der Waals surface area (Å²) >= 11 is 0. The van der Waals surface area contributed by atoms with Crippen molar-refractivity contribution >= 4 is 17.7 Å². The molecule has 3 rings (SSSR count). The maximum atomic E-state index is 13.8. The fourth-order valence-corrected chi connectivity index (χ4v) is 4.72. The largest absolute Gasteiger partial charge is 0.493 e. The van der Waals surface area contributed by atoms with Crippen LogP contribution in [0.25, 0.3) is 0 Å². The van der Waals surface area contributed by atoms with E-state index < -0.39 is 23.8 Å². The Bertz CT molecular complexity index is 1060. The lowest BCUT2D eigenvalue weighted by atomic mass is 9.69. The van der Waals surface area contributed by atoms with Gasteiger partial charge in [-0.05, 0) is 43.9 Å². The van der Waals surface area contributed by atoms with Gasteiger partial charge in [0.1, 0.15) is 12.5 Å². The van der Waals surface area contributed by atoms with Gasteiger partial charge in [-0.3, -0.25) is 9.59 Å². The maximum Gasteiger partial charge on any atom is 0.336 e. The van der Waals surface area contributed by atoms with Crippen LogP contribution in [0.1, 0.15) is 38.7 Å². The molecule has 0 fully saturated rings. The third kappa shape index (κ3) is 5.19. The van der Waals surface area contributed by atoms with E-state index in [9.17, 15) is 14.4 Å². The summed E-state index contributed by atoms with van der Waals surface area (Å²) in [6.07, 6.45) is 0.453. The molecule has 1 N–H and O–H groups in total. The first-order chi connectivity index (χ1) is 16.8. The zero-order valence-corrected chi connectivity index (χ0v) is 21.1. The summed E-state index contributed by atoms with van der Waals surface area (Å²) in [5, 5.41) is 3.24. The second-order valence-corrected chi connectivity index (χ2v) is 8.51. The van der Waals surface area contributed by atoms with Gasteiger partial charge in [0, 0.05) is 30.0 Å². The highest BCUT2D eigenvalue weighted by atomic mass is 16.6. The molecule has 1 aromatic carbocycles. The summed E-state index contributed by atoms with van der Waals surface area (Å²) in [6, 6.07) is 5.29. The van der Waals surface area contributed by atoms with Crippen molar-refractivity contribution < 1.29 is 38.1 Å². The molecule has 0 radical (unpaired) electrons. The average Bonchev–Trinajstić information content (AvgIpc) is 2.83. The van der Waals surface area contributed by atoms with Gasteiger partial charge in [-0.2, -0.15) is 0 Å². The van der Waals surface area contributed by atoms with Crippen molar-refractivity contribution in [3.8, 4) is 11.5 Å². The molecule has 0 unspecified atom stereocenters. The van der Waals surface area contributed by atoms with Gasteiger partial charge in [0.15, 0.2) is 17.3 Å². The number of benzene rings is 1. The summed E-state index contributed by atoms with van der Waals surface area (Å²) in [5.74, 6) is -2.51. The van der Waals surface area contributed by atoms with Crippen LogP contribution in [0.15, 0.2) is 40.7 Å². The van der Waals surface area contributed by atoms with Crippen molar-refractivity contribution in [2.45, 2.75) is 33.1 Å². The molecule has 9 nitrogen and oxygen atoms in total. The molecule has 1 aromatic rings. The van der Waals surface area contributed by atoms with E-state index in [2.05, 4.69) is 5.32 Å². The van der Waals surface area contributed by atoms with E-state index >= 15 is 0 Å². The lowest BCUT2D eigenvalue weighted by Gasteiger charge is -2.38. The summed E-state index contributed by atoms with van der Waals surface area (Å²) in [4.78, 5) is 39.6. The summed E-state index contributed by atoms with van der Waals surface area (Å²) < 4.78 is 26.5. The molecule has 0 spiro atoms. The lowest BCUT2D eigenvalue weighted by Crippen LogP contribution is -2.43. The molecule has 1 aliphatic carbocycles. The van der Waals surface area contributed by atoms with Crippen LogP contribution >= 0.6 is 0 Å². The van der Waals surface area contributed by atoms with Crippen LogP contribution < -0.4 is 14.8 Å². The number of dihydropyridines is 1. The van der Waals surface area contributed by atoms with Gasteiger partial charge in [-0.1, -0.05) is 13.0 Å². The second-order valence-electron chi connectivity index (χ2n) is 8.51. The zero-order chi connectivity index (χ0) is 25.7. The molecule has 1 heterocycles. The summed E-state index contributed by atoms with van der Waals surface area (Å²) in [7, 11) is 4.31. The molecule has 9 heteroatoms. The Morgan fingerprint density at radius 1 is 1.11 bits per heavy atom. The quantitative estimate of drug-likeness (QED) is 0.319. The van der Waals surface area contributed by atoms with Gasteiger partial charge in [0.2, 0.25) is 0 Å². The average molecular weight is 488 g/mol. The Morgan fingerprint density at radius 2 is 1.86 bits per heavy atom. The topological polar surface area (TPSA) is 109 Å². The number of rotatable bonds is 9. The van der Waals surface area contributed by atoms with Crippen molar-refractivity contribution in [3.05, 3.63) is 46.3 Å². The van der Waals surface area contributed by atoms with Gasteiger partial charge in [-0.25, -0.2) is 4.79 Å². The first kappa shape index (κ1) is 26.3. The monoisotopic (exact) mass is 487 g/mol. The predicted molar refractivity (Wildman–Crippen MR) is 127 cm³/mol. The molecule has 3 atom stereocenters. The maximum absolute atomic E-state index is 13.8. The number of hydrogen-bond acceptors (Lipinski definition) is 9.